The van der Waals surface area contributed by atoms with Crippen LogP contribution in [-0.2, 0) is 16.4 Å². The van der Waals surface area contributed by atoms with Crippen LogP contribution in [0.5, 0.6) is 0 Å². The molecule has 0 aliphatic carbocycles. The average molecular weight is 329 g/mol. The van der Waals surface area contributed by atoms with Crippen molar-refractivity contribution in [1.82, 2.24) is 9.21 Å². The molecule has 1 rings (SSSR count). The molecule has 21 heavy (non-hydrogen) atoms. The van der Waals surface area contributed by atoms with Crippen LogP contribution in [-0.4, -0.2) is 56.8 Å². The van der Waals surface area contributed by atoms with Crippen molar-refractivity contribution in [2.45, 2.75) is 17.7 Å². The largest absolute Gasteiger partial charge is 0.393 e. The summed E-state index contributed by atoms with van der Waals surface area (Å²) in [6, 6.07) is 6.70. The van der Waals surface area contributed by atoms with Crippen molar-refractivity contribution in [2.75, 3.05) is 34.2 Å². The molecule has 0 unspecified atom stereocenters. The number of sulfonamides is 1. The van der Waals surface area contributed by atoms with E-state index in [0.717, 1.165) is 18.5 Å². The molecule has 0 fully saturated rings. The molecule has 2 N–H and O–H groups in total. The van der Waals surface area contributed by atoms with Gasteiger partial charge in [-0.3, -0.25) is 0 Å². The molecule has 0 aliphatic heterocycles. The van der Waals surface area contributed by atoms with E-state index >= 15 is 0 Å². The molecule has 0 bridgehead atoms. The molecule has 5 nitrogen and oxygen atoms in total. The van der Waals surface area contributed by atoms with E-state index in [1.54, 1.807) is 31.3 Å². The average Bonchev–Trinajstić information content (AvgIpc) is 2.38. The first-order valence-electron chi connectivity index (χ1n) is 6.72. The van der Waals surface area contributed by atoms with Crippen molar-refractivity contribution < 1.29 is 8.42 Å². The SMILES string of the molecule is CN(C)CCCN(C)S(=O)(=O)c1ccc(CC(N)=S)cc1. The van der Waals surface area contributed by atoms with Crippen molar-refractivity contribution in [3.8, 4) is 0 Å². The minimum absolute atomic E-state index is 0.293. The first-order chi connectivity index (χ1) is 9.73. The number of nitrogens with zero attached hydrogens (tertiary/aromatic N) is 2. The van der Waals surface area contributed by atoms with E-state index in [1.807, 2.05) is 19.0 Å². The summed E-state index contributed by atoms with van der Waals surface area (Å²) in [6.45, 7) is 1.35. The van der Waals surface area contributed by atoms with Crippen molar-refractivity contribution in [3.63, 3.8) is 0 Å². The van der Waals surface area contributed by atoms with E-state index in [1.165, 1.54) is 4.31 Å². The monoisotopic (exact) mass is 329 g/mol. The fourth-order valence-corrected chi connectivity index (χ4v) is 3.27. The van der Waals surface area contributed by atoms with Gasteiger partial charge in [-0.05, 0) is 44.8 Å². The highest BCUT2D eigenvalue weighted by Crippen LogP contribution is 2.15. The molecule has 0 saturated heterocycles. The highest BCUT2D eigenvalue weighted by Gasteiger charge is 2.20. The van der Waals surface area contributed by atoms with Crippen molar-refractivity contribution in [1.29, 1.82) is 0 Å². The third-order valence-corrected chi connectivity index (χ3v) is 5.10. The molecule has 0 amide bonds. The number of thiocarbonyl (C=S) groups is 1. The van der Waals surface area contributed by atoms with Gasteiger partial charge in [0.05, 0.1) is 9.88 Å². The quantitative estimate of drug-likeness (QED) is 0.723. The van der Waals surface area contributed by atoms with E-state index in [0.29, 0.717) is 22.8 Å². The lowest BCUT2D eigenvalue weighted by molar-refractivity contribution is 0.370. The molecule has 1 aromatic carbocycles. The lowest BCUT2D eigenvalue weighted by Crippen LogP contribution is -2.29. The van der Waals surface area contributed by atoms with E-state index < -0.39 is 10.0 Å². The summed E-state index contributed by atoms with van der Waals surface area (Å²) in [5.74, 6) is 0. The van der Waals surface area contributed by atoms with Crippen LogP contribution < -0.4 is 5.73 Å². The minimum atomic E-state index is -3.43. The Morgan fingerprint density at radius 3 is 2.19 bits per heavy atom. The summed E-state index contributed by atoms with van der Waals surface area (Å²) < 4.78 is 26.2. The van der Waals surface area contributed by atoms with Crippen LogP contribution in [0.15, 0.2) is 29.2 Å². The van der Waals surface area contributed by atoms with Gasteiger partial charge in [0.1, 0.15) is 0 Å². The third kappa shape index (κ3) is 5.70. The zero-order chi connectivity index (χ0) is 16.0. The van der Waals surface area contributed by atoms with E-state index in [9.17, 15) is 8.42 Å². The van der Waals surface area contributed by atoms with Gasteiger partial charge in [0.2, 0.25) is 10.0 Å². The molecule has 118 valence electrons. The van der Waals surface area contributed by atoms with Gasteiger partial charge in [-0.15, -0.1) is 0 Å². The fraction of sp³-hybridized carbons (Fsp3) is 0.500. The summed E-state index contributed by atoms with van der Waals surface area (Å²) in [4.78, 5) is 2.72. The maximum Gasteiger partial charge on any atom is 0.242 e. The molecule has 0 aliphatic rings. The predicted molar refractivity (Wildman–Crippen MR) is 89.9 cm³/mol. The second kappa shape index (κ2) is 7.84. The van der Waals surface area contributed by atoms with Crippen molar-refractivity contribution in [2.24, 2.45) is 5.73 Å². The van der Waals surface area contributed by atoms with Crippen molar-refractivity contribution in [3.05, 3.63) is 29.8 Å². The van der Waals surface area contributed by atoms with Gasteiger partial charge in [0, 0.05) is 20.0 Å². The number of hydrogen-bond acceptors (Lipinski definition) is 4. The number of hydrogen-bond donors (Lipinski definition) is 1. The van der Waals surface area contributed by atoms with Crippen molar-refractivity contribution >= 4 is 27.2 Å². The summed E-state index contributed by atoms with van der Waals surface area (Å²) in [5, 5.41) is 0. The Kier molecular flexibility index (Phi) is 6.73. The van der Waals surface area contributed by atoms with Gasteiger partial charge in [0.15, 0.2) is 0 Å². The molecule has 0 heterocycles. The maximum absolute atomic E-state index is 12.4. The summed E-state index contributed by atoms with van der Waals surface area (Å²) in [5.41, 5.74) is 6.39. The summed E-state index contributed by atoms with van der Waals surface area (Å²) in [7, 11) is 2.11. The van der Waals surface area contributed by atoms with E-state index in [2.05, 4.69) is 0 Å². The van der Waals surface area contributed by atoms with Crippen LogP contribution in [0.1, 0.15) is 12.0 Å². The third-order valence-electron chi connectivity index (χ3n) is 3.09. The van der Waals surface area contributed by atoms with Gasteiger partial charge in [-0.2, -0.15) is 0 Å². The van der Waals surface area contributed by atoms with Crippen LogP contribution in [0.25, 0.3) is 0 Å². The first-order valence-corrected chi connectivity index (χ1v) is 8.56. The Morgan fingerprint density at radius 1 is 1.14 bits per heavy atom. The molecule has 0 aromatic heterocycles. The molecule has 0 atom stereocenters. The number of nitrogens with two attached hydrogens (primary N) is 1. The van der Waals surface area contributed by atoms with Gasteiger partial charge in [-0.1, -0.05) is 24.4 Å². The summed E-state index contributed by atoms with van der Waals surface area (Å²) in [6.07, 6.45) is 1.27. The first kappa shape index (κ1) is 18.0. The Bertz CT molecular complexity index is 568. The van der Waals surface area contributed by atoms with Gasteiger partial charge in [-0.25, -0.2) is 12.7 Å². The molecule has 7 heteroatoms. The predicted octanol–water partition coefficient (Wildman–Crippen LogP) is 1.09. The lowest BCUT2D eigenvalue weighted by Gasteiger charge is -2.18. The lowest BCUT2D eigenvalue weighted by atomic mass is 10.1. The standard InChI is InChI=1S/C14H23N3O2S2/c1-16(2)9-4-10-17(3)21(18,19)13-7-5-12(6-8-13)11-14(15)20/h5-8H,4,9-11H2,1-3H3,(H2,15,20). The van der Waals surface area contributed by atoms with Gasteiger partial charge >= 0.3 is 0 Å². The fourth-order valence-electron chi connectivity index (χ4n) is 1.89. The van der Waals surface area contributed by atoms with Gasteiger partial charge < -0.3 is 10.6 Å². The van der Waals surface area contributed by atoms with Crippen LogP contribution in [0.4, 0.5) is 0 Å². The molecule has 0 radical (unpaired) electrons. The molecule has 0 saturated carbocycles. The highest BCUT2D eigenvalue weighted by molar-refractivity contribution is 7.89. The Hall–Kier alpha value is -1.02. The Labute approximate surface area is 132 Å². The zero-order valence-electron chi connectivity index (χ0n) is 12.7. The van der Waals surface area contributed by atoms with E-state index in [4.69, 9.17) is 18.0 Å². The van der Waals surface area contributed by atoms with E-state index in [-0.39, 0.29) is 0 Å². The maximum atomic E-state index is 12.4. The Morgan fingerprint density at radius 2 is 1.71 bits per heavy atom. The van der Waals surface area contributed by atoms with Crippen LogP contribution in [0.2, 0.25) is 0 Å². The smallest absolute Gasteiger partial charge is 0.242 e. The summed E-state index contributed by atoms with van der Waals surface area (Å²) >= 11 is 4.84. The second-order valence-corrected chi connectivity index (χ2v) is 7.84. The number of rotatable bonds is 8. The van der Waals surface area contributed by atoms with Crippen LogP contribution in [0.3, 0.4) is 0 Å². The van der Waals surface area contributed by atoms with Crippen LogP contribution in [0, 0.1) is 0 Å². The topological polar surface area (TPSA) is 66.6 Å². The molecular weight excluding hydrogens is 306 g/mol. The molecule has 1 aromatic rings. The zero-order valence-corrected chi connectivity index (χ0v) is 14.4. The Balaban J connectivity index is 2.75. The minimum Gasteiger partial charge on any atom is -0.393 e. The molecular formula is C14H23N3O2S2. The molecule has 0 spiro atoms. The van der Waals surface area contributed by atoms with Gasteiger partial charge in [0.25, 0.3) is 0 Å². The number of benzene rings is 1. The second-order valence-electron chi connectivity index (χ2n) is 5.27. The normalized spacial score (nSPS) is 12.0. The van der Waals surface area contributed by atoms with Crippen LogP contribution >= 0.6 is 12.2 Å². The highest BCUT2D eigenvalue weighted by atomic mass is 32.2.